The van der Waals surface area contributed by atoms with Gasteiger partial charge in [-0.1, -0.05) is 56.1 Å². The fraction of sp³-hybridized carbons (Fsp3) is 0.259. The quantitative estimate of drug-likeness (QED) is 0.352. The Morgan fingerprint density at radius 2 is 1.51 bits per heavy atom. The summed E-state index contributed by atoms with van der Waals surface area (Å²) in [6, 6.07) is 17.7. The molecule has 1 aliphatic rings. The molecule has 3 aromatic carbocycles. The third-order valence-electron chi connectivity index (χ3n) is 6.49. The predicted octanol–water partition coefficient (Wildman–Crippen LogP) is 4.19. The highest BCUT2D eigenvalue weighted by Gasteiger charge is 2.41. The summed E-state index contributed by atoms with van der Waals surface area (Å²) in [5, 5.41) is 2.39. The van der Waals surface area contributed by atoms with Gasteiger partial charge in [0.1, 0.15) is 11.9 Å². The zero-order chi connectivity index (χ0) is 28.5. The summed E-state index contributed by atoms with van der Waals surface area (Å²) >= 11 is 6.94. The summed E-state index contributed by atoms with van der Waals surface area (Å²) in [6.45, 7) is 2.15. The van der Waals surface area contributed by atoms with E-state index in [4.69, 9.17) is 5.73 Å². The SMILES string of the molecule is C[C@H](NC(=O)c1cc(F)cc(N(C2CN(C(c3ccc(Br)cc3)c3ccc(Br)cc3)C2)S(C)(=O)=O)c1)C(N)=O. The Kier molecular flexibility index (Phi) is 8.79. The van der Waals surface area contributed by atoms with E-state index >= 15 is 0 Å². The van der Waals surface area contributed by atoms with Crippen molar-refractivity contribution in [2.45, 2.75) is 25.0 Å². The number of carbonyl (C=O) groups excluding carboxylic acids is 2. The molecule has 0 radical (unpaired) electrons. The summed E-state index contributed by atoms with van der Waals surface area (Å²) in [4.78, 5) is 26.1. The molecule has 3 aromatic rings. The second kappa shape index (κ2) is 11.7. The van der Waals surface area contributed by atoms with Crippen LogP contribution in [0.25, 0.3) is 0 Å². The third kappa shape index (κ3) is 6.86. The van der Waals surface area contributed by atoms with Crippen LogP contribution in [0.15, 0.2) is 75.7 Å². The minimum absolute atomic E-state index is 0.0304. The molecule has 2 amide bonds. The normalized spacial score (nSPS) is 15.0. The molecule has 3 N–H and O–H groups in total. The molecule has 0 bridgehead atoms. The number of anilines is 1. The first-order chi connectivity index (χ1) is 18.3. The molecule has 1 heterocycles. The van der Waals surface area contributed by atoms with Gasteiger partial charge in [-0.25, -0.2) is 12.8 Å². The number of likely N-dealkylation sites (tertiary alicyclic amines) is 1. The molecule has 0 aliphatic carbocycles. The number of hydrogen-bond donors (Lipinski definition) is 2. The number of nitrogens with two attached hydrogens (primary N) is 1. The number of hydrogen-bond acceptors (Lipinski definition) is 5. The predicted molar refractivity (Wildman–Crippen MR) is 155 cm³/mol. The molecule has 0 aromatic heterocycles. The van der Waals surface area contributed by atoms with Crippen molar-refractivity contribution in [3.8, 4) is 0 Å². The van der Waals surface area contributed by atoms with Crippen molar-refractivity contribution >= 4 is 59.4 Å². The lowest BCUT2D eigenvalue weighted by Crippen LogP contribution is -2.61. The topological polar surface area (TPSA) is 113 Å². The van der Waals surface area contributed by atoms with Gasteiger partial charge in [-0.15, -0.1) is 0 Å². The second-order valence-electron chi connectivity index (χ2n) is 9.47. The molecule has 1 aliphatic heterocycles. The molecule has 39 heavy (non-hydrogen) atoms. The Morgan fingerprint density at radius 1 is 1.00 bits per heavy atom. The Morgan fingerprint density at radius 3 is 1.97 bits per heavy atom. The summed E-state index contributed by atoms with van der Waals surface area (Å²) in [6.07, 6.45) is 1.05. The van der Waals surface area contributed by atoms with Crippen LogP contribution in [-0.2, 0) is 14.8 Å². The van der Waals surface area contributed by atoms with E-state index in [-0.39, 0.29) is 17.3 Å². The molecule has 8 nitrogen and oxygen atoms in total. The molecule has 0 saturated carbocycles. The van der Waals surface area contributed by atoms with Crippen LogP contribution in [0.2, 0.25) is 0 Å². The van der Waals surface area contributed by atoms with E-state index in [2.05, 4.69) is 42.1 Å². The van der Waals surface area contributed by atoms with E-state index < -0.39 is 39.7 Å². The molecule has 0 spiro atoms. The average molecular weight is 682 g/mol. The van der Waals surface area contributed by atoms with Gasteiger partial charge in [0.25, 0.3) is 5.91 Å². The number of primary amides is 1. The van der Waals surface area contributed by atoms with Gasteiger partial charge in [0.05, 0.1) is 24.0 Å². The number of benzene rings is 3. The van der Waals surface area contributed by atoms with Gasteiger partial charge in [-0.2, -0.15) is 0 Å². The second-order valence-corrected chi connectivity index (χ2v) is 13.2. The molecular formula is C27H27Br2FN4O4S. The van der Waals surface area contributed by atoms with Crippen molar-refractivity contribution in [2.24, 2.45) is 5.73 Å². The largest absolute Gasteiger partial charge is 0.368 e. The Balaban J connectivity index is 1.63. The monoisotopic (exact) mass is 680 g/mol. The van der Waals surface area contributed by atoms with E-state index in [9.17, 15) is 22.4 Å². The fourth-order valence-corrected chi connectivity index (χ4v) is 6.30. The molecule has 4 rings (SSSR count). The first-order valence-corrected chi connectivity index (χ1v) is 15.4. The number of halogens is 3. The van der Waals surface area contributed by atoms with Crippen LogP contribution in [0, 0.1) is 5.82 Å². The molecule has 1 atom stereocenters. The molecule has 206 valence electrons. The number of nitrogens with one attached hydrogen (secondary N) is 1. The van der Waals surface area contributed by atoms with Crippen molar-refractivity contribution in [3.63, 3.8) is 0 Å². The van der Waals surface area contributed by atoms with Gasteiger partial charge < -0.3 is 11.1 Å². The number of sulfonamides is 1. The Hall–Kier alpha value is -2.80. The van der Waals surface area contributed by atoms with Crippen molar-refractivity contribution in [1.29, 1.82) is 0 Å². The highest BCUT2D eigenvalue weighted by atomic mass is 79.9. The molecule has 1 fully saturated rings. The number of carbonyl (C=O) groups is 2. The van der Waals surface area contributed by atoms with Gasteiger partial charge in [-0.3, -0.25) is 18.8 Å². The van der Waals surface area contributed by atoms with Crippen LogP contribution in [0.1, 0.15) is 34.5 Å². The zero-order valence-corrected chi connectivity index (χ0v) is 25.1. The van der Waals surface area contributed by atoms with Crippen molar-refractivity contribution < 1.29 is 22.4 Å². The molecule has 12 heteroatoms. The van der Waals surface area contributed by atoms with Crippen LogP contribution in [0.4, 0.5) is 10.1 Å². The average Bonchev–Trinajstić information content (AvgIpc) is 2.83. The lowest BCUT2D eigenvalue weighted by Gasteiger charge is -2.48. The van der Waals surface area contributed by atoms with Crippen LogP contribution < -0.4 is 15.4 Å². The minimum Gasteiger partial charge on any atom is -0.368 e. The third-order valence-corrected chi connectivity index (χ3v) is 8.77. The zero-order valence-electron chi connectivity index (χ0n) is 21.1. The lowest BCUT2D eigenvalue weighted by molar-refractivity contribution is -0.119. The van der Waals surface area contributed by atoms with E-state index in [1.165, 1.54) is 13.0 Å². The molecular weight excluding hydrogens is 655 g/mol. The Labute approximate surface area is 243 Å². The van der Waals surface area contributed by atoms with Crippen LogP contribution in [0.5, 0.6) is 0 Å². The van der Waals surface area contributed by atoms with Gasteiger partial charge in [0, 0.05) is 27.6 Å². The van der Waals surface area contributed by atoms with Crippen molar-refractivity contribution in [1.82, 2.24) is 10.2 Å². The fourth-order valence-electron chi connectivity index (χ4n) is 4.61. The Bertz CT molecular complexity index is 1440. The van der Waals surface area contributed by atoms with E-state index in [0.29, 0.717) is 13.1 Å². The van der Waals surface area contributed by atoms with Crippen molar-refractivity contribution in [2.75, 3.05) is 23.7 Å². The van der Waals surface area contributed by atoms with Crippen molar-refractivity contribution in [3.05, 3.63) is 98.2 Å². The molecule has 1 saturated heterocycles. The van der Waals surface area contributed by atoms with E-state index in [1.54, 1.807) is 0 Å². The number of nitrogens with zero attached hydrogens (tertiary/aromatic N) is 2. The highest BCUT2D eigenvalue weighted by Crippen LogP contribution is 2.37. The summed E-state index contributed by atoms with van der Waals surface area (Å²) < 4.78 is 43.5. The van der Waals surface area contributed by atoms with Crippen LogP contribution in [0.3, 0.4) is 0 Å². The van der Waals surface area contributed by atoms with Gasteiger partial charge in [-0.05, 0) is 60.5 Å². The highest BCUT2D eigenvalue weighted by molar-refractivity contribution is 9.10. The smallest absolute Gasteiger partial charge is 0.252 e. The van der Waals surface area contributed by atoms with Gasteiger partial charge >= 0.3 is 0 Å². The summed E-state index contributed by atoms with van der Waals surface area (Å²) in [5.41, 5.74) is 7.19. The van der Waals surface area contributed by atoms with E-state index in [1.807, 2.05) is 48.5 Å². The maximum atomic E-state index is 14.6. The van der Waals surface area contributed by atoms with Gasteiger partial charge in [0.2, 0.25) is 15.9 Å². The lowest BCUT2D eigenvalue weighted by atomic mass is 9.93. The maximum Gasteiger partial charge on any atom is 0.252 e. The minimum atomic E-state index is -3.84. The summed E-state index contributed by atoms with van der Waals surface area (Å²) in [7, 11) is -3.84. The number of rotatable bonds is 9. The van der Waals surface area contributed by atoms with Crippen LogP contribution >= 0.6 is 31.9 Å². The van der Waals surface area contributed by atoms with Crippen LogP contribution in [-0.4, -0.2) is 56.6 Å². The number of amides is 2. The maximum absolute atomic E-state index is 14.6. The summed E-state index contributed by atoms with van der Waals surface area (Å²) in [5.74, 6) is -2.27. The standard InChI is InChI=1S/C27H27Br2FN4O4S/c1-16(26(31)35)32-27(36)19-11-22(30)13-23(12-19)34(39(2,37)38)24-14-33(15-24)25(17-3-7-20(28)8-4-17)18-5-9-21(29)10-6-18/h3-13,16,24-25H,14-15H2,1-2H3,(H2,31,35)(H,32,36)/t16-/m0/s1. The first-order valence-electron chi connectivity index (χ1n) is 12.0. The van der Waals surface area contributed by atoms with Gasteiger partial charge in [0.15, 0.2) is 0 Å². The van der Waals surface area contributed by atoms with E-state index in [0.717, 1.165) is 42.8 Å². The molecule has 0 unspecified atom stereocenters. The first kappa shape index (κ1) is 29.2.